The molecule has 154 valence electrons. The third-order valence-electron chi connectivity index (χ3n) is 4.86. The summed E-state index contributed by atoms with van der Waals surface area (Å²) in [7, 11) is -3.43. The number of nitrogens with zero attached hydrogens (tertiary/aromatic N) is 2. The summed E-state index contributed by atoms with van der Waals surface area (Å²) in [6.07, 6.45) is 0. The maximum absolute atomic E-state index is 12.6. The molecule has 2 aromatic rings. The summed E-state index contributed by atoms with van der Waals surface area (Å²) in [5.74, 6) is -0.564. The maximum Gasteiger partial charge on any atom is 0.251 e. The first-order valence-electron chi connectivity index (χ1n) is 9.49. The SMILES string of the molecule is Cc1cccc(C(=O)NCC(=O)N2CCN(S(=O)(=O)Cc3ccccc3)CC2)c1. The van der Waals surface area contributed by atoms with Crippen LogP contribution >= 0.6 is 0 Å². The molecule has 0 atom stereocenters. The lowest BCUT2D eigenvalue weighted by Crippen LogP contribution is -2.52. The van der Waals surface area contributed by atoms with Gasteiger partial charge in [0.2, 0.25) is 15.9 Å². The fraction of sp³-hybridized carbons (Fsp3) is 0.333. The first-order chi connectivity index (χ1) is 13.8. The van der Waals surface area contributed by atoms with E-state index in [0.29, 0.717) is 18.7 Å². The minimum atomic E-state index is -3.43. The molecule has 0 spiro atoms. The van der Waals surface area contributed by atoms with E-state index in [0.717, 1.165) is 11.1 Å². The number of hydrogen-bond acceptors (Lipinski definition) is 4. The number of carbonyl (C=O) groups excluding carboxylic acids is 2. The van der Waals surface area contributed by atoms with E-state index >= 15 is 0 Å². The van der Waals surface area contributed by atoms with Crippen molar-refractivity contribution < 1.29 is 18.0 Å². The van der Waals surface area contributed by atoms with Gasteiger partial charge in [-0.1, -0.05) is 48.0 Å². The number of rotatable bonds is 6. The number of sulfonamides is 1. The summed E-state index contributed by atoms with van der Waals surface area (Å²) >= 11 is 0. The molecule has 2 aromatic carbocycles. The van der Waals surface area contributed by atoms with Crippen molar-refractivity contribution in [2.45, 2.75) is 12.7 Å². The van der Waals surface area contributed by atoms with Gasteiger partial charge in [-0.3, -0.25) is 9.59 Å². The van der Waals surface area contributed by atoms with Gasteiger partial charge in [0, 0.05) is 31.7 Å². The third kappa shape index (κ3) is 5.65. The smallest absolute Gasteiger partial charge is 0.251 e. The van der Waals surface area contributed by atoms with Crippen LogP contribution in [0.2, 0.25) is 0 Å². The summed E-state index contributed by atoms with van der Waals surface area (Å²) in [5.41, 5.74) is 2.22. The normalized spacial score (nSPS) is 15.1. The molecule has 29 heavy (non-hydrogen) atoms. The molecule has 1 saturated heterocycles. The van der Waals surface area contributed by atoms with Gasteiger partial charge in [0.1, 0.15) is 0 Å². The summed E-state index contributed by atoms with van der Waals surface area (Å²) < 4.78 is 26.6. The standard InChI is InChI=1S/C21H25N3O4S/c1-17-6-5-9-19(14-17)21(26)22-15-20(25)23-10-12-24(13-11-23)29(27,28)16-18-7-3-2-4-8-18/h2-9,14H,10-13,15-16H2,1H3,(H,22,26). The fourth-order valence-corrected chi connectivity index (χ4v) is 4.76. The highest BCUT2D eigenvalue weighted by molar-refractivity contribution is 7.88. The highest BCUT2D eigenvalue weighted by Gasteiger charge is 2.29. The van der Waals surface area contributed by atoms with Gasteiger partial charge in [0.05, 0.1) is 12.3 Å². The summed E-state index contributed by atoms with van der Waals surface area (Å²) in [4.78, 5) is 26.2. The lowest BCUT2D eigenvalue weighted by Gasteiger charge is -2.34. The zero-order valence-electron chi connectivity index (χ0n) is 16.4. The van der Waals surface area contributed by atoms with Gasteiger partial charge >= 0.3 is 0 Å². The summed E-state index contributed by atoms with van der Waals surface area (Å²) in [5, 5.41) is 2.64. The van der Waals surface area contributed by atoms with E-state index in [4.69, 9.17) is 0 Å². The first kappa shape index (κ1) is 21.0. The largest absolute Gasteiger partial charge is 0.343 e. The van der Waals surface area contributed by atoms with E-state index in [2.05, 4.69) is 5.32 Å². The van der Waals surface area contributed by atoms with Crippen LogP contribution in [0.5, 0.6) is 0 Å². The van der Waals surface area contributed by atoms with Crippen molar-refractivity contribution in [3.05, 3.63) is 71.3 Å². The lowest BCUT2D eigenvalue weighted by molar-refractivity contribution is -0.131. The molecule has 8 heteroatoms. The van der Waals surface area contributed by atoms with Crippen LogP contribution in [0.1, 0.15) is 21.5 Å². The Morgan fingerprint density at radius 1 is 0.966 bits per heavy atom. The van der Waals surface area contributed by atoms with E-state index in [1.807, 2.05) is 31.2 Å². The summed E-state index contributed by atoms with van der Waals surface area (Å²) in [6, 6.07) is 16.2. The topological polar surface area (TPSA) is 86.8 Å². The van der Waals surface area contributed by atoms with Crippen LogP contribution in [0, 0.1) is 6.92 Å². The third-order valence-corrected chi connectivity index (χ3v) is 6.71. The zero-order valence-corrected chi connectivity index (χ0v) is 17.2. The summed E-state index contributed by atoms with van der Waals surface area (Å²) in [6.45, 7) is 2.93. The van der Waals surface area contributed by atoms with Gasteiger partial charge in [-0.05, 0) is 24.6 Å². The molecule has 1 N–H and O–H groups in total. The van der Waals surface area contributed by atoms with Gasteiger partial charge in [-0.15, -0.1) is 0 Å². The van der Waals surface area contributed by atoms with Crippen molar-refractivity contribution in [3.63, 3.8) is 0 Å². The molecular weight excluding hydrogens is 390 g/mol. The molecule has 0 saturated carbocycles. The highest BCUT2D eigenvalue weighted by atomic mass is 32.2. The van der Waals surface area contributed by atoms with E-state index in [9.17, 15) is 18.0 Å². The molecule has 3 rings (SSSR count). The Bertz CT molecular complexity index is 968. The molecule has 0 aromatic heterocycles. The quantitative estimate of drug-likeness (QED) is 0.773. The zero-order chi connectivity index (χ0) is 20.9. The van der Waals surface area contributed by atoms with E-state index in [1.54, 1.807) is 35.2 Å². The average molecular weight is 416 g/mol. The van der Waals surface area contributed by atoms with Crippen molar-refractivity contribution in [1.82, 2.24) is 14.5 Å². The molecule has 1 aliphatic rings. The Balaban J connectivity index is 1.48. The predicted octanol–water partition coefficient (Wildman–Crippen LogP) is 1.40. The monoisotopic (exact) mass is 415 g/mol. The number of carbonyl (C=O) groups is 2. The molecular formula is C21H25N3O4S. The number of piperazine rings is 1. The van der Waals surface area contributed by atoms with Gasteiger partial charge in [0.25, 0.3) is 5.91 Å². The van der Waals surface area contributed by atoms with Crippen molar-refractivity contribution in [3.8, 4) is 0 Å². The van der Waals surface area contributed by atoms with Crippen molar-refractivity contribution >= 4 is 21.8 Å². The van der Waals surface area contributed by atoms with E-state index in [-0.39, 0.29) is 37.2 Å². The van der Waals surface area contributed by atoms with Crippen LogP contribution in [0.4, 0.5) is 0 Å². The van der Waals surface area contributed by atoms with Gasteiger partial charge in [0.15, 0.2) is 0 Å². The lowest BCUT2D eigenvalue weighted by atomic mass is 10.1. The Labute approximate surface area is 171 Å². The Morgan fingerprint density at radius 2 is 1.66 bits per heavy atom. The molecule has 1 aliphatic heterocycles. The molecule has 2 amide bonds. The number of aryl methyl sites for hydroxylation is 1. The first-order valence-corrected chi connectivity index (χ1v) is 11.1. The molecule has 7 nitrogen and oxygen atoms in total. The second-order valence-electron chi connectivity index (χ2n) is 7.07. The van der Waals surface area contributed by atoms with Crippen LogP contribution in [-0.4, -0.2) is 62.2 Å². The molecule has 1 fully saturated rings. The van der Waals surface area contributed by atoms with Crippen LogP contribution in [0.15, 0.2) is 54.6 Å². The molecule has 1 heterocycles. The van der Waals surface area contributed by atoms with Crippen molar-refractivity contribution in [2.75, 3.05) is 32.7 Å². The Kier molecular flexibility index (Phi) is 6.66. The number of benzene rings is 2. The van der Waals surface area contributed by atoms with E-state index < -0.39 is 10.0 Å². The highest BCUT2D eigenvalue weighted by Crippen LogP contribution is 2.13. The van der Waals surface area contributed by atoms with Crippen molar-refractivity contribution in [2.24, 2.45) is 0 Å². The second-order valence-corrected chi connectivity index (χ2v) is 9.04. The van der Waals surface area contributed by atoms with E-state index in [1.165, 1.54) is 4.31 Å². The van der Waals surface area contributed by atoms with Gasteiger partial charge in [-0.25, -0.2) is 8.42 Å². The molecule has 0 bridgehead atoms. The van der Waals surface area contributed by atoms with Crippen LogP contribution in [0.3, 0.4) is 0 Å². The molecule has 0 aliphatic carbocycles. The van der Waals surface area contributed by atoms with Gasteiger partial charge < -0.3 is 10.2 Å². The molecule has 0 radical (unpaired) electrons. The van der Waals surface area contributed by atoms with Crippen molar-refractivity contribution in [1.29, 1.82) is 0 Å². The predicted molar refractivity (Wildman–Crippen MR) is 111 cm³/mol. The Hall–Kier alpha value is -2.71. The van der Waals surface area contributed by atoms with Gasteiger partial charge in [-0.2, -0.15) is 4.31 Å². The fourth-order valence-electron chi connectivity index (χ4n) is 3.25. The average Bonchev–Trinajstić information content (AvgIpc) is 2.72. The number of amides is 2. The van der Waals surface area contributed by atoms with Crippen LogP contribution < -0.4 is 5.32 Å². The minimum absolute atomic E-state index is 0.0473. The Morgan fingerprint density at radius 3 is 2.31 bits per heavy atom. The second kappa shape index (κ2) is 9.19. The maximum atomic E-state index is 12.6. The van der Waals surface area contributed by atoms with Crippen LogP contribution in [-0.2, 0) is 20.6 Å². The number of hydrogen-bond donors (Lipinski definition) is 1. The minimum Gasteiger partial charge on any atom is -0.343 e. The van der Waals surface area contributed by atoms with Crippen LogP contribution in [0.25, 0.3) is 0 Å². The molecule has 0 unspecified atom stereocenters. The number of nitrogens with one attached hydrogen (secondary N) is 1.